The highest BCUT2D eigenvalue weighted by Crippen LogP contribution is 2.32. The van der Waals surface area contributed by atoms with E-state index in [1.165, 1.54) is 5.56 Å². The van der Waals surface area contributed by atoms with Gasteiger partial charge in [-0.2, -0.15) is 0 Å². The summed E-state index contributed by atoms with van der Waals surface area (Å²) in [6, 6.07) is 13.0. The summed E-state index contributed by atoms with van der Waals surface area (Å²) >= 11 is 0. The van der Waals surface area contributed by atoms with Crippen molar-refractivity contribution < 1.29 is 14.3 Å². The molecule has 1 amide bonds. The number of anilines is 1. The number of hydrogen-bond donors (Lipinski definition) is 0. The fourth-order valence-electron chi connectivity index (χ4n) is 3.05. The first-order valence-electron chi connectivity index (χ1n) is 8.45. The molecule has 2 aromatic rings. The first-order chi connectivity index (χ1) is 11.8. The number of fused-ring (bicyclic) bond motifs is 1. The van der Waals surface area contributed by atoms with Gasteiger partial charge in [0.15, 0.2) is 5.78 Å². The van der Waals surface area contributed by atoms with Gasteiger partial charge in [0.05, 0.1) is 12.8 Å². The lowest BCUT2D eigenvalue weighted by Gasteiger charge is -2.29. The average molecular weight is 337 g/mol. The van der Waals surface area contributed by atoms with E-state index in [4.69, 9.17) is 4.74 Å². The van der Waals surface area contributed by atoms with E-state index in [0.717, 1.165) is 0 Å². The number of methoxy groups -OCH3 is 1. The van der Waals surface area contributed by atoms with E-state index < -0.39 is 0 Å². The molecule has 0 radical (unpaired) electrons. The lowest BCUT2D eigenvalue weighted by molar-refractivity contribution is 0.0954. The molecular weight excluding hydrogens is 314 g/mol. The summed E-state index contributed by atoms with van der Waals surface area (Å²) in [5.74, 6) is 0.580. The Bertz CT molecular complexity index is 816. The van der Waals surface area contributed by atoms with Gasteiger partial charge in [-0.25, -0.2) is 0 Å². The van der Waals surface area contributed by atoms with Crippen LogP contribution in [-0.2, 0) is 5.41 Å². The highest BCUT2D eigenvalue weighted by Gasteiger charge is 2.28. The molecule has 0 spiro atoms. The Morgan fingerprint density at radius 3 is 2.36 bits per heavy atom. The average Bonchev–Trinajstić information content (AvgIpc) is 2.61. The van der Waals surface area contributed by atoms with E-state index in [2.05, 4.69) is 20.8 Å². The van der Waals surface area contributed by atoms with Crippen molar-refractivity contribution in [3.8, 4) is 5.75 Å². The van der Waals surface area contributed by atoms with Crippen molar-refractivity contribution in [2.45, 2.75) is 32.6 Å². The Balaban J connectivity index is 1.94. The van der Waals surface area contributed by atoms with E-state index in [9.17, 15) is 9.59 Å². The van der Waals surface area contributed by atoms with Crippen molar-refractivity contribution in [1.29, 1.82) is 0 Å². The van der Waals surface area contributed by atoms with Gasteiger partial charge in [0, 0.05) is 24.1 Å². The Kier molecular flexibility index (Phi) is 4.38. The molecule has 0 aliphatic carbocycles. The van der Waals surface area contributed by atoms with Gasteiger partial charge in [-0.3, -0.25) is 9.59 Å². The summed E-state index contributed by atoms with van der Waals surface area (Å²) < 4.78 is 5.20. The van der Waals surface area contributed by atoms with E-state index in [1.54, 1.807) is 30.2 Å². The molecule has 0 saturated carbocycles. The van der Waals surface area contributed by atoms with Crippen molar-refractivity contribution in [2.24, 2.45) is 0 Å². The van der Waals surface area contributed by atoms with Crippen LogP contribution in [0.15, 0.2) is 42.5 Å². The number of Topliss-reactive ketones (excluding diaryl/α,β-unsaturated/α-hetero) is 1. The SMILES string of the molecule is COc1ccc2c(c1)C(=O)CCN2C(=O)c1ccc(C(C)(C)C)cc1. The van der Waals surface area contributed by atoms with Gasteiger partial charge in [-0.1, -0.05) is 32.9 Å². The van der Waals surface area contributed by atoms with Gasteiger partial charge < -0.3 is 9.64 Å². The summed E-state index contributed by atoms with van der Waals surface area (Å²) in [6.45, 7) is 6.83. The highest BCUT2D eigenvalue weighted by molar-refractivity contribution is 6.13. The number of ketones is 1. The number of rotatable bonds is 2. The fraction of sp³-hybridized carbons (Fsp3) is 0.333. The van der Waals surface area contributed by atoms with Gasteiger partial charge in [0.25, 0.3) is 5.91 Å². The van der Waals surface area contributed by atoms with Crippen LogP contribution in [0.3, 0.4) is 0 Å². The third-order valence-corrected chi connectivity index (χ3v) is 4.60. The molecular formula is C21H23NO3. The molecule has 0 bridgehead atoms. The number of nitrogens with zero attached hydrogens (tertiary/aromatic N) is 1. The van der Waals surface area contributed by atoms with Gasteiger partial charge in [-0.15, -0.1) is 0 Å². The Hall–Kier alpha value is -2.62. The van der Waals surface area contributed by atoms with Crippen LogP contribution < -0.4 is 9.64 Å². The van der Waals surface area contributed by atoms with Crippen molar-refractivity contribution in [3.05, 3.63) is 59.2 Å². The molecule has 130 valence electrons. The van der Waals surface area contributed by atoms with E-state index in [-0.39, 0.29) is 17.1 Å². The number of benzene rings is 2. The number of carbonyl (C=O) groups excluding carboxylic acids is 2. The second kappa shape index (κ2) is 6.36. The van der Waals surface area contributed by atoms with Crippen LogP contribution in [0.1, 0.15) is 53.5 Å². The fourth-order valence-corrected chi connectivity index (χ4v) is 3.05. The molecule has 1 aliphatic heterocycles. The minimum absolute atomic E-state index is 0.0426. The summed E-state index contributed by atoms with van der Waals surface area (Å²) in [4.78, 5) is 26.9. The van der Waals surface area contributed by atoms with Crippen LogP contribution in [0.5, 0.6) is 5.75 Å². The Morgan fingerprint density at radius 2 is 1.76 bits per heavy atom. The molecule has 0 aromatic heterocycles. The third kappa shape index (κ3) is 3.29. The summed E-state index contributed by atoms with van der Waals surface area (Å²) in [5.41, 5.74) is 3.06. The van der Waals surface area contributed by atoms with Crippen molar-refractivity contribution in [2.75, 3.05) is 18.6 Å². The highest BCUT2D eigenvalue weighted by atomic mass is 16.5. The molecule has 2 aromatic carbocycles. The minimum Gasteiger partial charge on any atom is -0.497 e. The predicted molar refractivity (Wildman–Crippen MR) is 98.8 cm³/mol. The summed E-state index contributed by atoms with van der Waals surface area (Å²) in [6.07, 6.45) is 0.325. The molecule has 3 rings (SSSR count). The van der Waals surface area contributed by atoms with Gasteiger partial charge in [0.2, 0.25) is 0 Å². The maximum atomic E-state index is 13.0. The molecule has 0 unspecified atom stereocenters. The second-order valence-electron chi connectivity index (χ2n) is 7.34. The Labute approximate surface area is 148 Å². The monoisotopic (exact) mass is 337 g/mol. The Morgan fingerprint density at radius 1 is 1.08 bits per heavy atom. The van der Waals surface area contributed by atoms with Crippen molar-refractivity contribution >= 4 is 17.4 Å². The zero-order valence-electron chi connectivity index (χ0n) is 15.1. The molecule has 1 heterocycles. The van der Waals surface area contributed by atoms with Crippen molar-refractivity contribution in [1.82, 2.24) is 0 Å². The summed E-state index contributed by atoms with van der Waals surface area (Å²) in [7, 11) is 1.56. The molecule has 1 aliphatic rings. The second-order valence-corrected chi connectivity index (χ2v) is 7.34. The quantitative estimate of drug-likeness (QED) is 0.824. The number of amides is 1. The molecule has 0 atom stereocenters. The first-order valence-corrected chi connectivity index (χ1v) is 8.45. The lowest BCUT2D eigenvalue weighted by atomic mass is 9.86. The number of carbonyl (C=O) groups is 2. The molecule has 4 heteroatoms. The van der Waals surface area contributed by atoms with E-state index >= 15 is 0 Å². The summed E-state index contributed by atoms with van der Waals surface area (Å²) in [5, 5.41) is 0. The number of ether oxygens (including phenoxy) is 1. The molecule has 0 N–H and O–H groups in total. The van der Waals surface area contributed by atoms with Crippen LogP contribution in [0, 0.1) is 0 Å². The predicted octanol–water partition coefficient (Wildman–Crippen LogP) is 4.23. The van der Waals surface area contributed by atoms with Crippen LogP contribution in [0.4, 0.5) is 5.69 Å². The zero-order chi connectivity index (χ0) is 18.2. The normalized spacial score (nSPS) is 14.2. The van der Waals surface area contributed by atoms with Crippen molar-refractivity contribution in [3.63, 3.8) is 0 Å². The molecule has 0 fully saturated rings. The van der Waals surface area contributed by atoms with E-state index in [0.29, 0.717) is 35.5 Å². The maximum absolute atomic E-state index is 13.0. The molecule has 4 nitrogen and oxygen atoms in total. The zero-order valence-corrected chi connectivity index (χ0v) is 15.1. The largest absolute Gasteiger partial charge is 0.497 e. The number of hydrogen-bond acceptors (Lipinski definition) is 3. The molecule has 25 heavy (non-hydrogen) atoms. The standard InChI is InChI=1S/C21H23NO3/c1-21(2,3)15-7-5-14(6-8-15)20(24)22-12-11-19(23)17-13-16(25-4)9-10-18(17)22/h5-10,13H,11-12H2,1-4H3. The lowest BCUT2D eigenvalue weighted by Crippen LogP contribution is -2.37. The molecule has 0 saturated heterocycles. The topological polar surface area (TPSA) is 46.6 Å². The maximum Gasteiger partial charge on any atom is 0.258 e. The van der Waals surface area contributed by atoms with Gasteiger partial charge >= 0.3 is 0 Å². The van der Waals surface area contributed by atoms with E-state index in [1.807, 2.05) is 24.3 Å². The third-order valence-electron chi connectivity index (χ3n) is 4.60. The van der Waals surface area contributed by atoms with Gasteiger partial charge in [-0.05, 0) is 41.3 Å². The van der Waals surface area contributed by atoms with Crippen LogP contribution >= 0.6 is 0 Å². The van der Waals surface area contributed by atoms with Gasteiger partial charge in [0.1, 0.15) is 5.75 Å². The van der Waals surface area contributed by atoms with Crippen LogP contribution in [-0.4, -0.2) is 25.3 Å². The van der Waals surface area contributed by atoms with Crippen LogP contribution in [0.25, 0.3) is 0 Å². The van der Waals surface area contributed by atoms with Crippen LogP contribution in [0.2, 0.25) is 0 Å². The smallest absolute Gasteiger partial charge is 0.258 e. The minimum atomic E-state index is -0.0839. The first kappa shape index (κ1) is 17.2.